The third-order valence-corrected chi connectivity index (χ3v) is 5.26. The van der Waals surface area contributed by atoms with Gasteiger partial charge in [-0.1, -0.05) is 49.6 Å². The van der Waals surface area contributed by atoms with Crippen LogP contribution in [0.2, 0.25) is 0 Å². The van der Waals surface area contributed by atoms with Crippen molar-refractivity contribution >= 4 is 17.8 Å². The zero-order valence-corrected chi connectivity index (χ0v) is 16.0. The molecule has 2 amide bonds. The molecule has 9 nitrogen and oxygen atoms in total. The number of nitrogens with one attached hydrogen (secondary N) is 1. The minimum atomic E-state index is -1.43. The molecule has 3 rings (SSSR count). The molecule has 0 spiro atoms. The number of aliphatic hydroxyl groups is 2. The normalized spacial score (nSPS) is 20.7. The van der Waals surface area contributed by atoms with Gasteiger partial charge in [0.05, 0.1) is 6.54 Å². The van der Waals surface area contributed by atoms with Crippen molar-refractivity contribution in [1.29, 1.82) is 0 Å². The van der Waals surface area contributed by atoms with Gasteiger partial charge in [0, 0.05) is 6.04 Å². The van der Waals surface area contributed by atoms with Crippen LogP contribution in [0.3, 0.4) is 0 Å². The second kappa shape index (κ2) is 8.95. The highest BCUT2D eigenvalue weighted by Gasteiger charge is 2.44. The molecule has 1 heterocycles. The molecule has 0 saturated heterocycles. The molecule has 1 aliphatic carbocycles. The number of aliphatic carboxylic acids is 1. The highest BCUT2D eigenvalue weighted by atomic mass is 16.4. The SMILES string of the molecule is O=C(O)CNC(=O)C1=C(O)N(Cc2ccccc2)C(O)N(C2CCCCC2)C1=O. The van der Waals surface area contributed by atoms with E-state index >= 15 is 0 Å². The highest BCUT2D eigenvalue weighted by molar-refractivity contribution is 6.19. The number of hydrogen-bond donors (Lipinski definition) is 4. The Bertz CT molecular complexity index is 804. The molecule has 9 heteroatoms. The Kier molecular flexibility index (Phi) is 6.38. The van der Waals surface area contributed by atoms with Crippen LogP contribution in [0, 0.1) is 0 Å². The number of carboxylic acids is 1. The summed E-state index contributed by atoms with van der Waals surface area (Å²) in [5.74, 6) is -3.72. The lowest BCUT2D eigenvalue weighted by atomic mass is 9.93. The fourth-order valence-corrected chi connectivity index (χ4v) is 3.83. The van der Waals surface area contributed by atoms with Gasteiger partial charge < -0.3 is 20.6 Å². The van der Waals surface area contributed by atoms with Crippen LogP contribution in [0.15, 0.2) is 41.8 Å². The molecule has 1 fully saturated rings. The Morgan fingerprint density at radius 3 is 2.38 bits per heavy atom. The number of carbonyl (C=O) groups excluding carboxylic acids is 2. The van der Waals surface area contributed by atoms with Crippen LogP contribution in [0.5, 0.6) is 0 Å². The van der Waals surface area contributed by atoms with E-state index in [0.717, 1.165) is 24.8 Å². The molecule has 156 valence electrons. The molecule has 0 bridgehead atoms. The third-order valence-electron chi connectivity index (χ3n) is 5.26. The molecule has 4 N–H and O–H groups in total. The van der Waals surface area contributed by atoms with Crippen molar-refractivity contribution in [1.82, 2.24) is 15.1 Å². The summed E-state index contributed by atoms with van der Waals surface area (Å²) in [4.78, 5) is 38.7. The molecule has 1 aliphatic heterocycles. The number of aliphatic hydroxyl groups excluding tert-OH is 2. The van der Waals surface area contributed by atoms with Gasteiger partial charge >= 0.3 is 5.97 Å². The highest BCUT2D eigenvalue weighted by Crippen LogP contribution is 2.31. The quantitative estimate of drug-likeness (QED) is 0.519. The van der Waals surface area contributed by atoms with Crippen LogP contribution >= 0.6 is 0 Å². The minimum Gasteiger partial charge on any atom is -0.494 e. The van der Waals surface area contributed by atoms with Gasteiger partial charge in [0.15, 0.2) is 5.57 Å². The van der Waals surface area contributed by atoms with Crippen LogP contribution in [0.1, 0.15) is 37.7 Å². The summed E-state index contributed by atoms with van der Waals surface area (Å²) in [6, 6.07) is 8.76. The van der Waals surface area contributed by atoms with Gasteiger partial charge in [0.2, 0.25) is 12.2 Å². The zero-order valence-electron chi connectivity index (χ0n) is 16.0. The van der Waals surface area contributed by atoms with Crippen molar-refractivity contribution in [3.05, 3.63) is 47.4 Å². The van der Waals surface area contributed by atoms with E-state index in [9.17, 15) is 24.6 Å². The summed E-state index contributed by atoms with van der Waals surface area (Å²) < 4.78 is 0. The number of amides is 2. The molecule has 1 unspecified atom stereocenters. The van der Waals surface area contributed by atoms with E-state index in [4.69, 9.17) is 5.11 Å². The predicted molar refractivity (Wildman–Crippen MR) is 102 cm³/mol. The van der Waals surface area contributed by atoms with E-state index in [-0.39, 0.29) is 12.6 Å². The van der Waals surface area contributed by atoms with E-state index in [1.54, 1.807) is 24.3 Å². The Morgan fingerprint density at radius 1 is 1.10 bits per heavy atom. The Balaban J connectivity index is 1.96. The maximum Gasteiger partial charge on any atom is 0.322 e. The van der Waals surface area contributed by atoms with Crippen LogP contribution in [0.25, 0.3) is 0 Å². The number of hydrogen-bond acceptors (Lipinski definition) is 6. The Morgan fingerprint density at radius 2 is 1.76 bits per heavy atom. The second-order valence-corrected chi connectivity index (χ2v) is 7.24. The van der Waals surface area contributed by atoms with Crippen molar-refractivity contribution in [3.63, 3.8) is 0 Å². The van der Waals surface area contributed by atoms with Crippen molar-refractivity contribution < 1.29 is 29.7 Å². The molecular formula is C20H25N3O6. The standard InChI is InChI=1S/C20H25N3O6/c24-15(25)11-21-17(26)16-18(27)22(12-13-7-3-1-4-8-13)20(29)23(19(16)28)14-9-5-2-6-10-14/h1,3-4,7-8,14,20,27,29H,2,5-6,9-12H2,(H,21,26)(H,24,25). The largest absolute Gasteiger partial charge is 0.494 e. The number of rotatable bonds is 6. The lowest BCUT2D eigenvalue weighted by Crippen LogP contribution is -2.60. The lowest BCUT2D eigenvalue weighted by Gasteiger charge is -2.45. The van der Waals surface area contributed by atoms with Crippen LogP contribution in [-0.2, 0) is 20.9 Å². The van der Waals surface area contributed by atoms with Gasteiger partial charge in [-0.3, -0.25) is 24.2 Å². The third kappa shape index (κ3) is 4.51. The van der Waals surface area contributed by atoms with E-state index in [2.05, 4.69) is 5.32 Å². The maximum absolute atomic E-state index is 13.0. The molecule has 1 aromatic carbocycles. The van der Waals surface area contributed by atoms with Gasteiger partial charge in [-0.15, -0.1) is 0 Å². The second-order valence-electron chi connectivity index (χ2n) is 7.24. The van der Waals surface area contributed by atoms with E-state index < -0.39 is 42.1 Å². The summed E-state index contributed by atoms with van der Waals surface area (Å²) in [7, 11) is 0. The first-order chi connectivity index (χ1) is 13.9. The van der Waals surface area contributed by atoms with Crippen LogP contribution < -0.4 is 5.32 Å². The van der Waals surface area contributed by atoms with E-state index in [1.165, 1.54) is 9.80 Å². The first-order valence-corrected chi connectivity index (χ1v) is 9.64. The number of benzene rings is 1. The molecule has 1 aromatic rings. The molecular weight excluding hydrogens is 378 g/mol. The Labute approximate surface area is 168 Å². The van der Waals surface area contributed by atoms with E-state index in [1.807, 2.05) is 6.07 Å². The molecule has 0 aromatic heterocycles. The smallest absolute Gasteiger partial charge is 0.322 e. The maximum atomic E-state index is 13.0. The summed E-state index contributed by atoms with van der Waals surface area (Å²) in [5, 5.41) is 32.5. The summed E-state index contributed by atoms with van der Waals surface area (Å²) in [5.41, 5.74) is 0.208. The van der Waals surface area contributed by atoms with Crippen molar-refractivity contribution in [3.8, 4) is 0 Å². The van der Waals surface area contributed by atoms with Gasteiger partial charge in [0.1, 0.15) is 6.54 Å². The number of carbonyl (C=O) groups is 3. The minimum absolute atomic E-state index is 0.0695. The van der Waals surface area contributed by atoms with Crippen molar-refractivity contribution in [2.24, 2.45) is 0 Å². The van der Waals surface area contributed by atoms with Crippen molar-refractivity contribution in [2.45, 2.75) is 51.0 Å². The first kappa shape index (κ1) is 20.7. The molecule has 1 atom stereocenters. The first-order valence-electron chi connectivity index (χ1n) is 9.64. The average Bonchev–Trinajstić information content (AvgIpc) is 2.71. The number of nitrogens with zero attached hydrogens (tertiary/aromatic N) is 2. The molecule has 29 heavy (non-hydrogen) atoms. The topological polar surface area (TPSA) is 130 Å². The van der Waals surface area contributed by atoms with Gasteiger partial charge in [0.25, 0.3) is 11.8 Å². The fourth-order valence-electron chi connectivity index (χ4n) is 3.83. The lowest BCUT2D eigenvalue weighted by molar-refractivity contribution is -0.174. The van der Waals surface area contributed by atoms with Crippen LogP contribution in [-0.4, -0.2) is 61.8 Å². The molecule has 0 radical (unpaired) electrons. The zero-order chi connectivity index (χ0) is 21.0. The summed E-state index contributed by atoms with van der Waals surface area (Å²) in [6.07, 6.45) is 2.78. The van der Waals surface area contributed by atoms with Crippen LogP contribution in [0.4, 0.5) is 0 Å². The number of carboxylic acid groups (broad SMARTS) is 1. The van der Waals surface area contributed by atoms with Gasteiger partial charge in [-0.25, -0.2) is 0 Å². The summed E-state index contributed by atoms with van der Waals surface area (Å²) in [6.45, 7) is -0.617. The van der Waals surface area contributed by atoms with E-state index in [0.29, 0.717) is 12.8 Å². The predicted octanol–water partition coefficient (Wildman–Crippen LogP) is 0.910. The Hall–Kier alpha value is -3.07. The van der Waals surface area contributed by atoms with Gasteiger partial charge in [-0.2, -0.15) is 0 Å². The average molecular weight is 403 g/mol. The van der Waals surface area contributed by atoms with Gasteiger partial charge in [-0.05, 0) is 18.4 Å². The summed E-state index contributed by atoms with van der Waals surface area (Å²) >= 11 is 0. The molecule has 1 saturated carbocycles. The monoisotopic (exact) mass is 403 g/mol. The molecule has 2 aliphatic rings. The van der Waals surface area contributed by atoms with Crippen molar-refractivity contribution in [2.75, 3.05) is 6.54 Å². The fraction of sp³-hybridized carbons (Fsp3) is 0.450.